The molecule has 1 aliphatic heterocycles. The van der Waals surface area contributed by atoms with Gasteiger partial charge in [-0.1, -0.05) is 62.4 Å². The Labute approximate surface area is 219 Å². The van der Waals surface area contributed by atoms with Crippen molar-refractivity contribution in [3.63, 3.8) is 0 Å². The number of ether oxygens (including phenoxy) is 1. The van der Waals surface area contributed by atoms with Crippen molar-refractivity contribution in [2.75, 3.05) is 11.5 Å². The van der Waals surface area contributed by atoms with Crippen LogP contribution in [0.25, 0.3) is 0 Å². The number of carbonyl (C=O) groups excluding carboxylic acids is 3. The molecule has 2 amide bonds. The summed E-state index contributed by atoms with van der Waals surface area (Å²) >= 11 is 14.9. The summed E-state index contributed by atoms with van der Waals surface area (Å²) in [5.74, 6) is -2.78. The first kappa shape index (κ1) is 23.3. The molecule has 1 heterocycles. The number of anilines is 1. The van der Waals surface area contributed by atoms with Crippen molar-refractivity contribution < 1.29 is 19.1 Å². The highest BCUT2D eigenvalue weighted by Crippen LogP contribution is 2.69. The molecule has 1 fully saturated rings. The van der Waals surface area contributed by atoms with Crippen molar-refractivity contribution in [1.29, 1.82) is 0 Å². The van der Waals surface area contributed by atoms with Crippen LogP contribution < -0.4 is 4.90 Å². The first-order valence-electron chi connectivity index (χ1n) is 11.9. The third-order valence-electron chi connectivity index (χ3n) is 7.49. The highest BCUT2D eigenvalue weighted by molar-refractivity contribution is 6.38. The van der Waals surface area contributed by atoms with Crippen molar-refractivity contribution in [3.05, 3.63) is 101 Å². The highest BCUT2D eigenvalue weighted by Gasteiger charge is 2.73. The summed E-state index contributed by atoms with van der Waals surface area (Å²) in [5.41, 5.74) is 3.74. The monoisotopic (exact) mass is 519 g/mol. The number of halogens is 2. The van der Waals surface area contributed by atoms with E-state index in [0.717, 1.165) is 22.3 Å². The van der Waals surface area contributed by atoms with E-state index in [1.54, 1.807) is 24.3 Å². The van der Waals surface area contributed by atoms with Crippen LogP contribution in [0.5, 0.6) is 0 Å². The van der Waals surface area contributed by atoms with Gasteiger partial charge in [0.1, 0.15) is 9.75 Å². The predicted octanol–water partition coefficient (Wildman–Crippen LogP) is 5.60. The van der Waals surface area contributed by atoms with Gasteiger partial charge in [-0.2, -0.15) is 0 Å². The highest BCUT2D eigenvalue weighted by atomic mass is 35.5. The Balaban J connectivity index is 1.44. The number of hydrogen-bond donors (Lipinski definition) is 0. The lowest BCUT2D eigenvalue weighted by molar-refractivity contribution is -0.122. The van der Waals surface area contributed by atoms with Crippen LogP contribution in [-0.4, -0.2) is 24.4 Å². The summed E-state index contributed by atoms with van der Waals surface area (Å²) in [4.78, 5) is 39.0. The maximum atomic E-state index is 14.0. The minimum atomic E-state index is -1.23. The average Bonchev–Trinajstić information content (AvgIpc) is 3.17. The number of amides is 2. The van der Waals surface area contributed by atoms with Crippen molar-refractivity contribution in [2.24, 2.45) is 17.8 Å². The quantitative estimate of drug-likeness (QED) is 0.255. The summed E-state index contributed by atoms with van der Waals surface area (Å²) < 4.78 is 5.29. The van der Waals surface area contributed by atoms with Gasteiger partial charge in [-0.3, -0.25) is 9.59 Å². The Hall–Kier alpha value is -3.15. The molecule has 0 spiro atoms. The van der Waals surface area contributed by atoms with E-state index in [2.05, 4.69) is 0 Å². The van der Waals surface area contributed by atoms with Gasteiger partial charge in [-0.05, 0) is 52.4 Å². The van der Waals surface area contributed by atoms with Gasteiger partial charge in [-0.25, -0.2) is 9.69 Å². The molecule has 4 aliphatic rings. The second kappa shape index (κ2) is 7.92. The number of nitrogens with zero attached hydrogens (tertiary/aromatic N) is 1. The topological polar surface area (TPSA) is 63.7 Å². The molecule has 3 aliphatic carbocycles. The summed E-state index contributed by atoms with van der Waals surface area (Å²) in [6.07, 6.45) is 0. The van der Waals surface area contributed by atoms with Crippen LogP contribution >= 0.6 is 23.2 Å². The second-order valence-electron chi connectivity index (χ2n) is 10.0. The van der Waals surface area contributed by atoms with Gasteiger partial charge in [0.2, 0.25) is 11.8 Å². The zero-order valence-corrected chi connectivity index (χ0v) is 21.2. The molecular formula is C29H23Cl2NO4. The van der Waals surface area contributed by atoms with E-state index in [9.17, 15) is 14.4 Å². The van der Waals surface area contributed by atoms with Gasteiger partial charge in [0.05, 0.1) is 29.7 Å². The molecule has 0 saturated carbocycles. The molecule has 0 aromatic heterocycles. The molecule has 3 aromatic carbocycles. The summed E-state index contributed by atoms with van der Waals surface area (Å²) in [5, 5.41) is 0. The lowest BCUT2D eigenvalue weighted by atomic mass is 9.54. The normalized spacial score (nSPS) is 27.6. The van der Waals surface area contributed by atoms with E-state index < -0.39 is 39.4 Å². The number of esters is 1. The molecule has 7 heteroatoms. The van der Waals surface area contributed by atoms with Crippen molar-refractivity contribution >= 4 is 46.7 Å². The van der Waals surface area contributed by atoms with Gasteiger partial charge in [-0.15, -0.1) is 23.2 Å². The predicted molar refractivity (Wildman–Crippen MR) is 137 cm³/mol. The zero-order valence-electron chi connectivity index (χ0n) is 19.7. The fraction of sp³-hybridized carbons (Fsp3) is 0.276. The third kappa shape index (κ3) is 2.87. The van der Waals surface area contributed by atoms with Crippen molar-refractivity contribution in [1.82, 2.24) is 0 Å². The molecule has 3 aromatic rings. The number of benzene rings is 3. The summed E-state index contributed by atoms with van der Waals surface area (Å²) in [6.45, 7) is 4.22. The summed E-state index contributed by atoms with van der Waals surface area (Å²) in [7, 11) is 0. The van der Waals surface area contributed by atoms with Crippen LogP contribution in [0.4, 0.5) is 5.69 Å². The maximum absolute atomic E-state index is 14.0. The SMILES string of the molecule is CC(C)COC(=O)c1ccc(N2C(=O)[C@H]3[C@H](C2=O)C2(Cl)c4ccccc4C3(Cl)c3ccccc32)cc1. The van der Waals surface area contributed by atoms with E-state index in [-0.39, 0.29) is 5.92 Å². The Bertz CT molecular complexity index is 1310. The standard InChI is InChI=1S/C29H23Cl2NO4/c1-16(2)15-36-27(35)17-11-13-18(14-12-17)32-25(33)23-24(26(32)34)29(31)20-8-4-3-7-19(20)28(23,30)21-9-5-6-10-22(21)29/h3-14,16,23-24H,15H2,1-2H3/t23-,24-,28?,29?/m1/s1. The van der Waals surface area contributed by atoms with E-state index in [4.69, 9.17) is 27.9 Å². The van der Waals surface area contributed by atoms with Gasteiger partial charge >= 0.3 is 5.97 Å². The molecule has 5 nitrogen and oxygen atoms in total. The van der Waals surface area contributed by atoms with Gasteiger partial charge in [0.25, 0.3) is 0 Å². The number of rotatable bonds is 4. The van der Waals surface area contributed by atoms with Crippen LogP contribution in [0, 0.1) is 17.8 Å². The number of alkyl halides is 2. The van der Waals surface area contributed by atoms with Gasteiger partial charge < -0.3 is 4.74 Å². The zero-order chi connectivity index (χ0) is 25.4. The van der Waals surface area contributed by atoms with Crippen LogP contribution in [-0.2, 0) is 24.1 Å². The first-order chi connectivity index (χ1) is 17.2. The smallest absolute Gasteiger partial charge is 0.338 e. The fourth-order valence-electron chi connectivity index (χ4n) is 5.99. The van der Waals surface area contributed by atoms with E-state index in [1.165, 1.54) is 4.90 Å². The second-order valence-corrected chi connectivity index (χ2v) is 11.2. The molecule has 1 saturated heterocycles. The molecule has 2 atom stereocenters. The molecule has 7 rings (SSSR count). The molecule has 36 heavy (non-hydrogen) atoms. The van der Waals surface area contributed by atoms with Crippen LogP contribution in [0.1, 0.15) is 46.5 Å². The lowest BCUT2D eigenvalue weighted by Crippen LogP contribution is -2.57. The molecular weight excluding hydrogens is 497 g/mol. The molecule has 0 N–H and O–H groups in total. The largest absolute Gasteiger partial charge is 0.462 e. The van der Waals surface area contributed by atoms with E-state index >= 15 is 0 Å². The van der Waals surface area contributed by atoms with Crippen LogP contribution in [0.2, 0.25) is 0 Å². The van der Waals surface area contributed by atoms with Gasteiger partial charge in [0.15, 0.2) is 0 Å². The fourth-order valence-corrected chi connectivity index (χ4v) is 7.09. The Morgan fingerprint density at radius 1 is 0.806 bits per heavy atom. The molecule has 0 radical (unpaired) electrons. The number of carbonyl (C=O) groups is 3. The van der Waals surface area contributed by atoms with Crippen LogP contribution in [0.15, 0.2) is 72.8 Å². The number of hydrogen-bond acceptors (Lipinski definition) is 4. The van der Waals surface area contributed by atoms with E-state index in [0.29, 0.717) is 17.9 Å². The minimum Gasteiger partial charge on any atom is -0.462 e. The molecule has 0 unspecified atom stereocenters. The molecule has 182 valence electrons. The lowest BCUT2D eigenvalue weighted by Gasteiger charge is -2.54. The average molecular weight is 520 g/mol. The van der Waals surface area contributed by atoms with E-state index in [1.807, 2.05) is 62.4 Å². The minimum absolute atomic E-state index is 0.214. The Kier molecular flexibility index (Phi) is 5.12. The Morgan fingerprint density at radius 2 is 1.22 bits per heavy atom. The van der Waals surface area contributed by atoms with Gasteiger partial charge in [0, 0.05) is 0 Å². The first-order valence-corrected chi connectivity index (χ1v) is 12.7. The van der Waals surface area contributed by atoms with Crippen LogP contribution in [0.3, 0.4) is 0 Å². The number of imide groups is 1. The Morgan fingerprint density at radius 3 is 1.61 bits per heavy atom. The molecule has 2 bridgehead atoms. The third-order valence-corrected chi connectivity index (χ3v) is 8.78. The summed E-state index contributed by atoms with van der Waals surface area (Å²) in [6, 6.07) is 21.4. The van der Waals surface area contributed by atoms with Crippen molar-refractivity contribution in [3.8, 4) is 0 Å². The maximum Gasteiger partial charge on any atom is 0.338 e. The van der Waals surface area contributed by atoms with Crippen molar-refractivity contribution in [2.45, 2.75) is 23.6 Å².